The molecule has 6 heteroatoms. The number of aryl methyl sites for hydroxylation is 2. The molecule has 0 bridgehead atoms. The van der Waals surface area contributed by atoms with Crippen LogP contribution in [0.1, 0.15) is 41.7 Å². The van der Waals surface area contributed by atoms with E-state index in [1.807, 2.05) is 12.3 Å². The van der Waals surface area contributed by atoms with Gasteiger partial charge in [0, 0.05) is 17.5 Å². The molecule has 0 aliphatic heterocycles. The topological polar surface area (TPSA) is 77.8 Å². The summed E-state index contributed by atoms with van der Waals surface area (Å²) in [4.78, 5) is 8.75. The molecule has 2 aromatic heterocycles. The van der Waals surface area contributed by atoms with E-state index in [2.05, 4.69) is 15.1 Å². The average Bonchev–Trinajstić information content (AvgIpc) is 2.95. The lowest BCUT2D eigenvalue weighted by molar-refractivity contribution is 0.369. The predicted octanol–water partition coefficient (Wildman–Crippen LogP) is 2.10. The number of rotatable bonds is 7. The van der Waals surface area contributed by atoms with Crippen LogP contribution in [0.25, 0.3) is 0 Å². The second-order valence-corrected chi connectivity index (χ2v) is 5.21. The zero-order chi connectivity index (χ0) is 12.8. The van der Waals surface area contributed by atoms with Crippen LogP contribution < -0.4 is 5.73 Å². The van der Waals surface area contributed by atoms with E-state index in [0.717, 1.165) is 54.6 Å². The Morgan fingerprint density at radius 1 is 1.28 bits per heavy atom. The van der Waals surface area contributed by atoms with Gasteiger partial charge in [-0.25, -0.2) is 4.98 Å². The van der Waals surface area contributed by atoms with Gasteiger partial charge in [-0.3, -0.25) is 0 Å². The van der Waals surface area contributed by atoms with Gasteiger partial charge in [0.25, 0.3) is 0 Å². The van der Waals surface area contributed by atoms with Gasteiger partial charge >= 0.3 is 0 Å². The van der Waals surface area contributed by atoms with Gasteiger partial charge in [0.1, 0.15) is 5.01 Å². The summed E-state index contributed by atoms with van der Waals surface area (Å²) in [6.07, 6.45) is 4.71. The first kappa shape index (κ1) is 13.2. The van der Waals surface area contributed by atoms with Gasteiger partial charge in [0.2, 0.25) is 5.89 Å². The van der Waals surface area contributed by atoms with E-state index in [1.54, 1.807) is 11.3 Å². The van der Waals surface area contributed by atoms with Crippen molar-refractivity contribution in [3.05, 3.63) is 27.8 Å². The van der Waals surface area contributed by atoms with Gasteiger partial charge in [0.05, 0.1) is 6.42 Å². The number of hydrogen-bond acceptors (Lipinski definition) is 6. The van der Waals surface area contributed by atoms with E-state index in [-0.39, 0.29) is 0 Å². The fourth-order valence-corrected chi connectivity index (χ4v) is 2.45. The third-order valence-electron chi connectivity index (χ3n) is 2.58. The molecule has 0 atom stereocenters. The summed E-state index contributed by atoms with van der Waals surface area (Å²) in [7, 11) is 0. The predicted molar refractivity (Wildman–Crippen MR) is 70.6 cm³/mol. The van der Waals surface area contributed by atoms with Gasteiger partial charge < -0.3 is 10.3 Å². The smallest absolute Gasteiger partial charge is 0.226 e. The largest absolute Gasteiger partial charge is 0.339 e. The minimum atomic E-state index is 0.658. The Bertz CT molecular complexity index is 480. The molecule has 18 heavy (non-hydrogen) atoms. The molecule has 0 aliphatic carbocycles. The van der Waals surface area contributed by atoms with Crippen LogP contribution in [-0.4, -0.2) is 21.7 Å². The van der Waals surface area contributed by atoms with E-state index < -0.39 is 0 Å². The summed E-state index contributed by atoms with van der Waals surface area (Å²) in [5.41, 5.74) is 6.48. The van der Waals surface area contributed by atoms with Gasteiger partial charge in [-0.2, -0.15) is 4.98 Å². The summed E-state index contributed by atoms with van der Waals surface area (Å²) < 4.78 is 5.21. The van der Waals surface area contributed by atoms with Crippen LogP contribution in [0.2, 0.25) is 0 Å². The highest BCUT2D eigenvalue weighted by atomic mass is 32.1. The monoisotopic (exact) mass is 266 g/mol. The van der Waals surface area contributed by atoms with E-state index in [1.165, 1.54) is 0 Å². The zero-order valence-corrected chi connectivity index (χ0v) is 11.4. The molecular weight excluding hydrogens is 248 g/mol. The van der Waals surface area contributed by atoms with Crippen molar-refractivity contribution in [2.75, 3.05) is 6.54 Å². The molecule has 98 valence electrons. The Balaban J connectivity index is 1.82. The van der Waals surface area contributed by atoms with Crippen LogP contribution in [0.15, 0.2) is 9.90 Å². The third kappa shape index (κ3) is 3.89. The van der Waals surface area contributed by atoms with Gasteiger partial charge in [0.15, 0.2) is 5.82 Å². The van der Waals surface area contributed by atoms with E-state index in [9.17, 15) is 0 Å². The zero-order valence-electron chi connectivity index (χ0n) is 10.6. The molecular formula is C12H18N4OS. The summed E-state index contributed by atoms with van der Waals surface area (Å²) in [5.74, 6) is 1.44. The number of hydrogen-bond donors (Lipinski definition) is 1. The molecule has 2 rings (SSSR count). The molecule has 2 N–H and O–H groups in total. The Hall–Kier alpha value is -1.27. The fourth-order valence-electron chi connectivity index (χ4n) is 1.68. The van der Waals surface area contributed by atoms with Gasteiger partial charge in [-0.1, -0.05) is 11.6 Å². The molecule has 5 nitrogen and oxygen atoms in total. The van der Waals surface area contributed by atoms with Crippen LogP contribution in [0, 0.1) is 6.92 Å². The second kappa shape index (κ2) is 6.61. The first-order chi connectivity index (χ1) is 8.78. The van der Waals surface area contributed by atoms with Crippen molar-refractivity contribution in [2.24, 2.45) is 5.73 Å². The highest BCUT2D eigenvalue weighted by Crippen LogP contribution is 2.13. The van der Waals surface area contributed by atoms with Crippen molar-refractivity contribution in [1.82, 2.24) is 15.1 Å². The molecule has 0 fully saturated rings. The van der Waals surface area contributed by atoms with Crippen LogP contribution in [0.3, 0.4) is 0 Å². The maximum atomic E-state index is 5.44. The lowest BCUT2D eigenvalue weighted by Crippen LogP contribution is -1.98. The highest BCUT2D eigenvalue weighted by molar-refractivity contribution is 7.09. The molecule has 2 aromatic rings. The van der Waals surface area contributed by atoms with Crippen LogP contribution in [0.4, 0.5) is 0 Å². The first-order valence-corrected chi connectivity index (χ1v) is 7.08. The maximum Gasteiger partial charge on any atom is 0.226 e. The normalized spacial score (nSPS) is 11.0. The van der Waals surface area contributed by atoms with Gasteiger partial charge in [-0.15, -0.1) is 11.3 Å². The maximum absolute atomic E-state index is 5.44. The second-order valence-electron chi connectivity index (χ2n) is 4.26. The van der Waals surface area contributed by atoms with Crippen molar-refractivity contribution in [3.8, 4) is 0 Å². The number of thiazole rings is 1. The Kier molecular flexibility index (Phi) is 4.83. The minimum absolute atomic E-state index is 0.658. The van der Waals surface area contributed by atoms with Gasteiger partial charge in [-0.05, 0) is 26.3 Å². The average molecular weight is 266 g/mol. The Morgan fingerprint density at radius 3 is 2.89 bits per heavy atom. The van der Waals surface area contributed by atoms with Crippen LogP contribution >= 0.6 is 11.3 Å². The molecule has 0 radical (unpaired) electrons. The summed E-state index contributed by atoms with van der Waals surface area (Å²) in [5, 5.41) is 7.04. The van der Waals surface area contributed by atoms with E-state index >= 15 is 0 Å². The molecule has 0 aliphatic rings. The standard InChI is InChI=1S/C12H18N4OS/c1-9-8-18-12(14-9)7-10-15-11(17-16-10)5-3-2-4-6-13/h8H,2-7,13H2,1H3. The Morgan fingerprint density at radius 2 is 2.17 bits per heavy atom. The van der Waals surface area contributed by atoms with Crippen molar-refractivity contribution < 1.29 is 4.52 Å². The number of aromatic nitrogens is 3. The number of nitrogens with two attached hydrogens (primary N) is 1. The molecule has 0 saturated carbocycles. The molecule has 0 spiro atoms. The van der Waals surface area contributed by atoms with Crippen molar-refractivity contribution in [1.29, 1.82) is 0 Å². The number of unbranched alkanes of at least 4 members (excludes halogenated alkanes) is 2. The van der Waals surface area contributed by atoms with Crippen molar-refractivity contribution in [3.63, 3.8) is 0 Å². The molecule has 0 aromatic carbocycles. The SMILES string of the molecule is Cc1csc(Cc2noc(CCCCCN)n2)n1. The molecule has 0 unspecified atom stereocenters. The molecule has 0 amide bonds. The van der Waals surface area contributed by atoms with E-state index in [4.69, 9.17) is 10.3 Å². The summed E-state index contributed by atoms with van der Waals surface area (Å²) >= 11 is 1.63. The van der Waals surface area contributed by atoms with Crippen molar-refractivity contribution in [2.45, 2.75) is 39.0 Å². The summed E-state index contributed by atoms with van der Waals surface area (Å²) in [6.45, 7) is 2.73. The number of nitrogens with zero attached hydrogens (tertiary/aromatic N) is 3. The molecule has 2 heterocycles. The van der Waals surface area contributed by atoms with E-state index in [0.29, 0.717) is 6.42 Å². The Labute approximate surface area is 110 Å². The highest BCUT2D eigenvalue weighted by Gasteiger charge is 2.08. The quantitative estimate of drug-likeness (QED) is 0.776. The first-order valence-electron chi connectivity index (χ1n) is 6.20. The van der Waals surface area contributed by atoms with Crippen LogP contribution in [0.5, 0.6) is 0 Å². The fraction of sp³-hybridized carbons (Fsp3) is 0.583. The third-order valence-corrected chi connectivity index (χ3v) is 3.55. The molecule has 0 saturated heterocycles. The van der Waals surface area contributed by atoms with Crippen molar-refractivity contribution >= 4 is 11.3 Å². The van der Waals surface area contributed by atoms with Crippen LogP contribution in [-0.2, 0) is 12.8 Å². The summed E-state index contributed by atoms with van der Waals surface area (Å²) in [6, 6.07) is 0. The minimum Gasteiger partial charge on any atom is -0.339 e. The lowest BCUT2D eigenvalue weighted by Gasteiger charge is -1.94. The lowest BCUT2D eigenvalue weighted by atomic mass is 10.2.